The Morgan fingerprint density at radius 3 is 2.79 bits per heavy atom. The van der Waals surface area contributed by atoms with E-state index in [0.717, 1.165) is 0 Å². The van der Waals surface area contributed by atoms with Gasteiger partial charge in [0, 0.05) is 11.8 Å². The van der Waals surface area contributed by atoms with E-state index in [9.17, 15) is 4.79 Å². The van der Waals surface area contributed by atoms with Crippen LogP contribution >= 0.6 is 0 Å². The van der Waals surface area contributed by atoms with E-state index in [2.05, 4.69) is 0 Å². The molecule has 4 N–H and O–H groups in total. The van der Waals surface area contributed by atoms with Crippen LogP contribution in [0.25, 0.3) is 6.08 Å². The molecule has 1 amide bonds. The van der Waals surface area contributed by atoms with Crippen molar-refractivity contribution in [3.05, 3.63) is 35.4 Å². The molecule has 0 saturated carbocycles. The third-order valence-electron chi connectivity index (χ3n) is 1.62. The molecule has 0 bridgehead atoms. The number of rotatable bonds is 2. The highest BCUT2D eigenvalue weighted by molar-refractivity contribution is 5.90. The number of anilines is 1. The van der Waals surface area contributed by atoms with Crippen molar-refractivity contribution in [3.8, 4) is 6.07 Å². The zero-order chi connectivity index (χ0) is 10.6. The normalized spacial score (nSPS) is 9.93. The van der Waals surface area contributed by atoms with Crippen molar-refractivity contribution in [2.75, 3.05) is 5.73 Å². The Hall–Kier alpha value is -2.28. The molecule has 0 aliphatic heterocycles. The van der Waals surface area contributed by atoms with Crippen molar-refractivity contribution < 1.29 is 4.79 Å². The number of carbonyl (C=O) groups excluding carboxylic acids is 1. The first-order chi connectivity index (χ1) is 6.63. The number of nitrogens with zero attached hydrogens (tertiary/aromatic N) is 1. The molecule has 1 aromatic carbocycles. The lowest BCUT2D eigenvalue weighted by Gasteiger charge is -1.98. The first kappa shape index (κ1) is 9.81. The first-order valence-electron chi connectivity index (χ1n) is 3.90. The van der Waals surface area contributed by atoms with Crippen LogP contribution < -0.4 is 11.5 Å². The van der Waals surface area contributed by atoms with Crippen LogP contribution in [-0.2, 0) is 4.79 Å². The average Bonchev–Trinajstić information content (AvgIpc) is 2.15. The Labute approximate surface area is 81.4 Å². The highest BCUT2D eigenvalue weighted by atomic mass is 16.1. The molecule has 4 heteroatoms. The molecule has 0 spiro atoms. The molecule has 1 aromatic rings. The molecule has 0 heterocycles. The lowest BCUT2D eigenvalue weighted by atomic mass is 10.1. The summed E-state index contributed by atoms with van der Waals surface area (Å²) in [5.74, 6) is -0.550. The maximum Gasteiger partial charge on any atom is 0.241 e. The molecule has 0 fully saturated rings. The molecule has 0 atom stereocenters. The van der Waals surface area contributed by atoms with Crippen LogP contribution in [0.1, 0.15) is 11.1 Å². The Morgan fingerprint density at radius 2 is 2.21 bits per heavy atom. The Morgan fingerprint density at radius 1 is 1.50 bits per heavy atom. The molecule has 14 heavy (non-hydrogen) atoms. The van der Waals surface area contributed by atoms with E-state index < -0.39 is 5.91 Å². The van der Waals surface area contributed by atoms with Crippen LogP contribution in [0.15, 0.2) is 24.3 Å². The van der Waals surface area contributed by atoms with Crippen LogP contribution in [0.3, 0.4) is 0 Å². The van der Waals surface area contributed by atoms with Gasteiger partial charge in [0.15, 0.2) is 0 Å². The summed E-state index contributed by atoms with van der Waals surface area (Å²) in [6, 6.07) is 6.83. The highest BCUT2D eigenvalue weighted by Crippen LogP contribution is 2.13. The maximum absolute atomic E-state index is 10.5. The van der Waals surface area contributed by atoms with Crippen LogP contribution in [0.2, 0.25) is 0 Å². The fourth-order valence-corrected chi connectivity index (χ4v) is 0.988. The quantitative estimate of drug-likeness (QED) is 0.525. The van der Waals surface area contributed by atoms with Crippen molar-refractivity contribution in [1.29, 1.82) is 5.26 Å². The molecule has 0 saturated heterocycles. The van der Waals surface area contributed by atoms with Crippen molar-refractivity contribution in [2.45, 2.75) is 0 Å². The largest absolute Gasteiger partial charge is 0.399 e. The van der Waals surface area contributed by atoms with Gasteiger partial charge >= 0.3 is 0 Å². The van der Waals surface area contributed by atoms with E-state index in [0.29, 0.717) is 16.8 Å². The van der Waals surface area contributed by atoms with Gasteiger partial charge in [0.05, 0.1) is 11.6 Å². The molecule has 1 rings (SSSR count). The van der Waals surface area contributed by atoms with Crippen LogP contribution in [0.5, 0.6) is 0 Å². The average molecular weight is 187 g/mol. The molecule has 0 aliphatic carbocycles. The van der Waals surface area contributed by atoms with Gasteiger partial charge in [-0.2, -0.15) is 5.26 Å². The second-order valence-electron chi connectivity index (χ2n) is 2.69. The van der Waals surface area contributed by atoms with Crippen LogP contribution in [-0.4, -0.2) is 5.91 Å². The van der Waals surface area contributed by atoms with Gasteiger partial charge in [0.1, 0.15) is 0 Å². The van der Waals surface area contributed by atoms with Crippen molar-refractivity contribution in [1.82, 2.24) is 0 Å². The summed E-state index contributed by atoms with van der Waals surface area (Å²) in [6.07, 6.45) is 2.69. The predicted molar refractivity (Wildman–Crippen MR) is 53.8 cm³/mol. The van der Waals surface area contributed by atoms with Gasteiger partial charge in [-0.15, -0.1) is 0 Å². The maximum atomic E-state index is 10.5. The minimum atomic E-state index is -0.550. The van der Waals surface area contributed by atoms with Crippen molar-refractivity contribution >= 4 is 17.7 Å². The van der Waals surface area contributed by atoms with Gasteiger partial charge in [0.2, 0.25) is 5.91 Å². The first-order valence-corrected chi connectivity index (χ1v) is 3.90. The lowest BCUT2D eigenvalue weighted by molar-refractivity contribution is -0.113. The SMILES string of the molecule is N#Cc1cc(N)ccc1C=CC(N)=O. The zero-order valence-electron chi connectivity index (χ0n) is 7.40. The number of nitrogens with two attached hydrogens (primary N) is 2. The highest BCUT2D eigenvalue weighted by Gasteiger charge is 1.98. The van der Waals surface area contributed by atoms with Gasteiger partial charge in [-0.1, -0.05) is 6.07 Å². The molecule has 0 unspecified atom stereocenters. The van der Waals surface area contributed by atoms with E-state index in [1.54, 1.807) is 18.2 Å². The van der Waals surface area contributed by atoms with Gasteiger partial charge in [0.25, 0.3) is 0 Å². The number of carbonyl (C=O) groups is 1. The second-order valence-corrected chi connectivity index (χ2v) is 2.69. The second kappa shape index (κ2) is 4.10. The van der Waals surface area contributed by atoms with Gasteiger partial charge in [-0.3, -0.25) is 4.79 Å². The third kappa shape index (κ3) is 2.35. The summed E-state index contributed by atoms with van der Waals surface area (Å²) in [6.45, 7) is 0. The number of hydrogen-bond acceptors (Lipinski definition) is 3. The topological polar surface area (TPSA) is 92.9 Å². The van der Waals surface area contributed by atoms with E-state index in [1.165, 1.54) is 12.2 Å². The third-order valence-corrected chi connectivity index (χ3v) is 1.62. The van der Waals surface area contributed by atoms with E-state index in [-0.39, 0.29) is 0 Å². The summed E-state index contributed by atoms with van der Waals surface area (Å²) < 4.78 is 0. The van der Waals surface area contributed by atoms with Crippen molar-refractivity contribution in [3.63, 3.8) is 0 Å². The summed E-state index contributed by atoms with van der Waals surface area (Å²) in [5.41, 5.74) is 12.0. The fraction of sp³-hybridized carbons (Fsp3) is 0. The number of nitriles is 1. The zero-order valence-corrected chi connectivity index (χ0v) is 7.40. The smallest absolute Gasteiger partial charge is 0.241 e. The Kier molecular flexibility index (Phi) is 2.87. The number of primary amides is 1. The van der Waals surface area contributed by atoms with Crippen molar-refractivity contribution in [2.24, 2.45) is 5.73 Å². The molecule has 0 aliphatic rings. The summed E-state index contributed by atoms with van der Waals surface area (Å²) in [4.78, 5) is 10.5. The number of benzene rings is 1. The number of nitrogen functional groups attached to an aromatic ring is 1. The standard InChI is InChI=1S/C10H9N3O/c11-6-8-5-9(12)3-1-7(8)2-4-10(13)14/h1-5H,12H2,(H2,13,14). The van der Waals surface area contributed by atoms with Crippen LogP contribution in [0.4, 0.5) is 5.69 Å². The summed E-state index contributed by atoms with van der Waals surface area (Å²) >= 11 is 0. The molecule has 70 valence electrons. The predicted octanol–water partition coefficient (Wildman–Crippen LogP) is 0.639. The summed E-state index contributed by atoms with van der Waals surface area (Å²) in [5, 5.41) is 8.75. The lowest BCUT2D eigenvalue weighted by Crippen LogP contribution is -2.05. The molecule has 0 aromatic heterocycles. The summed E-state index contributed by atoms with van der Waals surface area (Å²) in [7, 11) is 0. The molecule has 0 radical (unpaired) electrons. The van der Waals surface area contributed by atoms with E-state index in [1.807, 2.05) is 6.07 Å². The van der Waals surface area contributed by atoms with Gasteiger partial charge < -0.3 is 11.5 Å². The fourth-order valence-electron chi connectivity index (χ4n) is 0.988. The van der Waals surface area contributed by atoms with Gasteiger partial charge in [-0.25, -0.2) is 0 Å². The minimum Gasteiger partial charge on any atom is -0.399 e. The minimum absolute atomic E-state index is 0.419. The Bertz CT molecular complexity index is 429. The number of amides is 1. The number of hydrogen-bond donors (Lipinski definition) is 2. The van der Waals surface area contributed by atoms with E-state index in [4.69, 9.17) is 16.7 Å². The van der Waals surface area contributed by atoms with Gasteiger partial charge in [-0.05, 0) is 23.8 Å². The Balaban J connectivity index is 3.10. The molecular formula is C10H9N3O. The molecule has 4 nitrogen and oxygen atoms in total. The monoisotopic (exact) mass is 187 g/mol. The van der Waals surface area contributed by atoms with Crippen LogP contribution in [0, 0.1) is 11.3 Å². The van der Waals surface area contributed by atoms with E-state index >= 15 is 0 Å². The molecular weight excluding hydrogens is 178 g/mol.